The zero-order valence-electron chi connectivity index (χ0n) is 17.9. The van der Waals surface area contributed by atoms with Crippen molar-refractivity contribution in [2.75, 3.05) is 25.6 Å². The predicted molar refractivity (Wildman–Crippen MR) is 121 cm³/mol. The molecule has 8 heteroatoms. The maximum absolute atomic E-state index is 12.8. The van der Waals surface area contributed by atoms with Crippen LogP contribution in [0.4, 0.5) is 10.5 Å². The Hall–Kier alpha value is -3.26. The normalized spacial score (nSPS) is 14.8. The first-order valence-electron chi connectivity index (χ1n) is 9.77. The van der Waals surface area contributed by atoms with Gasteiger partial charge < -0.3 is 14.8 Å². The number of anilines is 1. The van der Waals surface area contributed by atoms with Crippen LogP contribution in [0.3, 0.4) is 0 Å². The highest BCUT2D eigenvalue weighted by Gasteiger charge is 2.36. The lowest BCUT2D eigenvalue weighted by molar-refractivity contribution is -0.127. The van der Waals surface area contributed by atoms with Gasteiger partial charge in [0.15, 0.2) is 11.5 Å². The molecule has 0 aromatic heterocycles. The van der Waals surface area contributed by atoms with Crippen LogP contribution in [-0.4, -0.2) is 42.2 Å². The van der Waals surface area contributed by atoms with Gasteiger partial charge >= 0.3 is 0 Å². The number of carbonyl (C=O) groups excluding carboxylic acids is 3. The van der Waals surface area contributed by atoms with E-state index in [1.807, 2.05) is 39.0 Å². The molecule has 31 heavy (non-hydrogen) atoms. The minimum atomic E-state index is -0.517. The van der Waals surface area contributed by atoms with E-state index in [9.17, 15) is 14.4 Å². The van der Waals surface area contributed by atoms with E-state index in [1.54, 1.807) is 24.3 Å². The van der Waals surface area contributed by atoms with Gasteiger partial charge in [-0.05, 0) is 55.8 Å². The van der Waals surface area contributed by atoms with Gasteiger partial charge in [-0.2, -0.15) is 0 Å². The smallest absolute Gasteiger partial charge is 0.294 e. The Labute approximate surface area is 185 Å². The summed E-state index contributed by atoms with van der Waals surface area (Å²) in [6.07, 6.45) is 1.59. The second kappa shape index (κ2) is 9.70. The number of methoxy groups -OCH3 is 1. The molecular formula is C23H24N2O5S. The molecule has 1 heterocycles. The van der Waals surface area contributed by atoms with Gasteiger partial charge in [0.25, 0.3) is 11.1 Å². The van der Waals surface area contributed by atoms with Gasteiger partial charge in [0.05, 0.1) is 18.6 Å². The van der Waals surface area contributed by atoms with Crippen molar-refractivity contribution in [1.82, 2.24) is 4.90 Å². The van der Waals surface area contributed by atoms with Crippen molar-refractivity contribution in [3.63, 3.8) is 0 Å². The fourth-order valence-corrected chi connectivity index (χ4v) is 4.05. The summed E-state index contributed by atoms with van der Waals surface area (Å²) in [4.78, 5) is 39.0. The first kappa shape index (κ1) is 22.4. The molecule has 0 saturated carbocycles. The number of benzene rings is 2. The molecule has 0 bridgehead atoms. The van der Waals surface area contributed by atoms with Crippen LogP contribution < -0.4 is 14.8 Å². The first-order chi connectivity index (χ1) is 14.8. The number of imide groups is 1. The molecule has 3 rings (SSSR count). The number of nitrogens with one attached hydrogen (secondary N) is 1. The molecule has 1 fully saturated rings. The van der Waals surface area contributed by atoms with E-state index in [0.29, 0.717) is 29.4 Å². The van der Waals surface area contributed by atoms with Crippen molar-refractivity contribution in [3.8, 4) is 11.5 Å². The number of rotatable bonds is 7. The van der Waals surface area contributed by atoms with Crippen LogP contribution in [0.25, 0.3) is 6.08 Å². The van der Waals surface area contributed by atoms with E-state index in [2.05, 4.69) is 5.32 Å². The molecule has 0 unspecified atom stereocenters. The molecule has 2 aromatic rings. The molecule has 162 valence electrons. The van der Waals surface area contributed by atoms with Crippen LogP contribution in [0.15, 0.2) is 41.3 Å². The maximum atomic E-state index is 12.8. The number of ether oxygens (including phenoxy) is 2. The summed E-state index contributed by atoms with van der Waals surface area (Å²) >= 11 is 0.794. The van der Waals surface area contributed by atoms with Gasteiger partial charge in [0.2, 0.25) is 5.91 Å². The highest BCUT2D eigenvalue weighted by Crippen LogP contribution is 2.37. The van der Waals surface area contributed by atoms with Crippen LogP contribution >= 0.6 is 11.8 Å². The second-order valence-electron chi connectivity index (χ2n) is 6.89. The highest BCUT2D eigenvalue weighted by atomic mass is 32.2. The summed E-state index contributed by atoms with van der Waals surface area (Å²) in [6, 6.07) is 11.0. The lowest BCUT2D eigenvalue weighted by atomic mass is 10.1. The summed E-state index contributed by atoms with van der Waals surface area (Å²) in [5.41, 5.74) is 3.12. The highest BCUT2D eigenvalue weighted by molar-refractivity contribution is 8.18. The summed E-state index contributed by atoms with van der Waals surface area (Å²) in [5.74, 6) is 0.0733. The molecule has 0 atom stereocenters. The molecule has 0 spiro atoms. The van der Waals surface area contributed by atoms with Gasteiger partial charge in [-0.3, -0.25) is 19.3 Å². The van der Waals surface area contributed by atoms with Crippen LogP contribution in [0, 0.1) is 13.8 Å². The minimum Gasteiger partial charge on any atom is -0.493 e. The van der Waals surface area contributed by atoms with Gasteiger partial charge in [0.1, 0.15) is 6.54 Å². The van der Waals surface area contributed by atoms with Gasteiger partial charge in [-0.15, -0.1) is 0 Å². The summed E-state index contributed by atoms with van der Waals surface area (Å²) in [5, 5.41) is 2.31. The summed E-state index contributed by atoms with van der Waals surface area (Å²) in [7, 11) is 1.53. The van der Waals surface area contributed by atoms with Gasteiger partial charge in [-0.25, -0.2) is 0 Å². The number of nitrogens with zero attached hydrogens (tertiary/aromatic N) is 1. The zero-order chi connectivity index (χ0) is 22.5. The average molecular weight is 441 g/mol. The van der Waals surface area contributed by atoms with Crippen molar-refractivity contribution >= 4 is 40.6 Å². The third-order valence-corrected chi connectivity index (χ3v) is 5.63. The number of carbonyl (C=O) groups is 3. The number of para-hydroxylation sites is 2. The molecule has 1 aliphatic heterocycles. The van der Waals surface area contributed by atoms with Crippen LogP contribution in [-0.2, 0) is 9.59 Å². The Kier molecular flexibility index (Phi) is 7.02. The van der Waals surface area contributed by atoms with E-state index in [0.717, 1.165) is 27.8 Å². The SMILES string of the molecule is CCOc1c(/C=C2/SC(=O)N(CC(=O)Nc3c(C)cccc3C)C2=O)cccc1OC. The standard InChI is InChI=1S/C23H24N2O5S/c1-5-30-21-16(10-7-11-17(21)29-4)12-18-22(27)25(23(28)31-18)13-19(26)24-20-14(2)8-6-9-15(20)3/h6-12H,5,13H2,1-4H3,(H,24,26)/b18-12+. The van der Waals surface area contributed by atoms with Gasteiger partial charge in [-0.1, -0.05) is 30.3 Å². The fraction of sp³-hybridized carbons (Fsp3) is 0.261. The number of aryl methyl sites for hydroxylation is 2. The largest absolute Gasteiger partial charge is 0.493 e. The quantitative estimate of drug-likeness (QED) is 0.643. The lowest BCUT2D eigenvalue weighted by Crippen LogP contribution is -2.36. The summed E-state index contributed by atoms with van der Waals surface area (Å²) in [6.45, 7) is 5.68. The summed E-state index contributed by atoms with van der Waals surface area (Å²) < 4.78 is 11.0. The van der Waals surface area contributed by atoms with E-state index in [1.165, 1.54) is 7.11 Å². The maximum Gasteiger partial charge on any atom is 0.294 e. The Morgan fingerprint density at radius 1 is 1.13 bits per heavy atom. The van der Waals surface area contributed by atoms with E-state index < -0.39 is 17.1 Å². The number of hydrogen-bond donors (Lipinski definition) is 1. The Bertz CT molecular complexity index is 1040. The first-order valence-corrected chi connectivity index (χ1v) is 10.6. The molecule has 0 radical (unpaired) electrons. The zero-order valence-corrected chi connectivity index (χ0v) is 18.7. The molecule has 1 aliphatic rings. The van der Waals surface area contributed by atoms with Crippen molar-refractivity contribution < 1.29 is 23.9 Å². The topological polar surface area (TPSA) is 84.9 Å². The number of hydrogen-bond acceptors (Lipinski definition) is 6. The third kappa shape index (κ3) is 4.91. The molecule has 7 nitrogen and oxygen atoms in total. The van der Waals surface area contributed by atoms with Gasteiger partial charge in [0, 0.05) is 11.3 Å². The predicted octanol–water partition coefficient (Wildman–Crippen LogP) is 4.39. The lowest BCUT2D eigenvalue weighted by Gasteiger charge is -2.15. The molecule has 1 N–H and O–H groups in total. The minimum absolute atomic E-state index is 0.221. The molecule has 0 aliphatic carbocycles. The van der Waals surface area contributed by atoms with E-state index in [4.69, 9.17) is 9.47 Å². The van der Waals surface area contributed by atoms with Crippen molar-refractivity contribution in [1.29, 1.82) is 0 Å². The van der Waals surface area contributed by atoms with Crippen molar-refractivity contribution in [2.24, 2.45) is 0 Å². The van der Waals surface area contributed by atoms with Crippen molar-refractivity contribution in [2.45, 2.75) is 20.8 Å². The molecule has 3 amide bonds. The van der Waals surface area contributed by atoms with E-state index in [-0.39, 0.29) is 11.4 Å². The molecular weight excluding hydrogens is 416 g/mol. The Morgan fingerprint density at radius 2 is 1.81 bits per heavy atom. The molecule has 1 saturated heterocycles. The van der Waals surface area contributed by atoms with Crippen LogP contribution in [0.1, 0.15) is 23.6 Å². The van der Waals surface area contributed by atoms with Crippen molar-refractivity contribution in [3.05, 3.63) is 58.0 Å². The van der Waals surface area contributed by atoms with Crippen LogP contribution in [0.5, 0.6) is 11.5 Å². The Balaban J connectivity index is 1.79. The van der Waals surface area contributed by atoms with Crippen LogP contribution in [0.2, 0.25) is 0 Å². The average Bonchev–Trinajstić information content (AvgIpc) is 2.99. The number of thioether (sulfide) groups is 1. The third-order valence-electron chi connectivity index (χ3n) is 4.73. The van der Waals surface area contributed by atoms with E-state index >= 15 is 0 Å². The second-order valence-corrected chi connectivity index (χ2v) is 7.89. The Morgan fingerprint density at radius 3 is 2.45 bits per heavy atom. The number of amides is 3. The molecule has 2 aromatic carbocycles. The monoisotopic (exact) mass is 440 g/mol. The fourth-order valence-electron chi connectivity index (χ4n) is 3.22.